The van der Waals surface area contributed by atoms with Gasteiger partial charge in [-0.05, 0) is 48.9 Å². The van der Waals surface area contributed by atoms with Gasteiger partial charge in [0, 0.05) is 12.5 Å². The van der Waals surface area contributed by atoms with E-state index in [0.717, 1.165) is 27.8 Å². The van der Waals surface area contributed by atoms with Crippen LogP contribution in [-0.4, -0.2) is 42.3 Å². The van der Waals surface area contributed by atoms with Crippen molar-refractivity contribution in [2.45, 2.75) is 52.0 Å². The van der Waals surface area contributed by atoms with Crippen LogP contribution in [0.3, 0.4) is 0 Å². The molecule has 35 heavy (non-hydrogen) atoms. The Morgan fingerprint density at radius 2 is 1.63 bits per heavy atom. The van der Waals surface area contributed by atoms with Crippen molar-refractivity contribution in [1.82, 2.24) is 10.6 Å². The fraction of sp³-hybridized carbons (Fsp3) is 0.393. The van der Waals surface area contributed by atoms with E-state index in [9.17, 15) is 19.5 Å². The molecular weight excluding hydrogens is 444 g/mol. The predicted molar refractivity (Wildman–Crippen MR) is 135 cm³/mol. The number of rotatable bonds is 11. The molecule has 0 aliphatic heterocycles. The Morgan fingerprint density at radius 3 is 2.17 bits per heavy atom. The van der Waals surface area contributed by atoms with Gasteiger partial charge in [-0.3, -0.25) is 9.59 Å². The second-order valence-corrected chi connectivity index (χ2v) is 9.11. The molecular formula is C28H34N2O5. The Kier molecular flexibility index (Phi) is 9.06. The van der Waals surface area contributed by atoms with Crippen molar-refractivity contribution in [1.29, 1.82) is 0 Å². The first kappa shape index (κ1) is 26.0. The number of ether oxygens (including phenoxy) is 1. The van der Waals surface area contributed by atoms with Crippen molar-refractivity contribution in [3.63, 3.8) is 0 Å². The third-order valence-corrected chi connectivity index (χ3v) is 6.22. The molecule has 2 aromatic rings. The summed E-state index contributed by atoms with van der Waals surface area (Å²) in [5, 5.41) is 14.7. The Hall–Kier alpha value is -3.61. The molecule has 2 aromatic carbocycles. The third-order valence-electron chi connectivity index (χ3n) is 6.22. The fourth-order valence-electron chi connectivity index (χ4n) is 4.38. The van der Waals surface area contributed by atoms with E-state index in [1.54, 1.807) is 0 Å². The van der Waals surface area contributed by atoms with Crippen LogP contribution >= 0.6 is 0 Å². The molecule has 3 rings (SSSR count). The quantitative estimate of drug-likeness (QED) is 0.400. The van der Waals surface area contributed by atoms with Crippen LogP contribution in [-0.2, 0) is 14.3 Å². The lowest BCUT2D eigenvalue weighted by atomic mass is 9.98. The maximum atomic E-state index is 12.8. The van der Waals surface area contributed by atoms with Crippen LogP contribution in [0, 0.1) is 5.92 Å². The number of carboxylic acids is 1. The summed E-state index contributed by atoms with van der Waals surface area (Å²) in [4.78, 5) is 36.9. The van der Waals surface area contributed by atoms with Gasteiger partial charge in [0.05, 0.1) is 5.92 Å². The van der Waals surface area contributed by atoms with E-state index < -0.39 is 29.9 Å². The summed E-state index contributed by atoms with van der Waals surface area (Å²) >= 11 is 0. The maximum absolute atomic E-state index is 12.8. The van der Waals surface area contributed by atoms with Crippen molar-refractivity contribution >= 4 is 18.0 Å². The van der Waals surface area contributed by atoms with Gasteiger partial charge in [0.25, 0.3) is 0 Å². The predicted octanol–water partition coefficient (Wildman–Crippen LogP) is 4.87. The number of allylic oxidation sites excluding steroid dienone is 1. The molecule has 0 aromatic heterocycles. The number of alkyl carbamates (subject to hydrolysis) is 1. The lowest BCUT2D eigenvalue weighted by molar-refractivity contribution is -0.142. The minimum absolute atomic E-state index is 0.0136. The van der Waals surface area contributed by atoms with Crippen LogP contribution in [0.2, 0.25) is 0 Å². The lowest BCUT2D eigenvalue weighted by Gasteiger charge is -2.20. The van der Waals surface area contributed by atoms with Crippen LogP contribution in [0.1, 0.15) is 57.1 Å². The van der Waals surface area contributed by atoms with Gasteiger partial charge in [0.1, 0.15) is 12.6 Å². The zero-order chi connectivity index (χ0) is 25.4. The van der Waals surface area contributed by atoms with Gasteiger partial charge >= 0.3 is 12.1 Å². The first-order valence-corrected chi connectivity index (χ1v) is 12.1. The largest absolute Gasteiger partial charge is 0.481 e. The summed E-state index contributed by atoms with van der Waals surface area (Å²) in [6, 6.07) is 15.3. The van der Waals surface area contributed by atoms with Crippen molar-refractivity contribution in [2.75, 3.05) is 13.2 Å². The van der Waals surface area contributed by atoms with Gasteiger partial charge in [-0.25, -0.2) is 4.79 Å². The number of hydrogen-bond donors (Lipinski definition) is 3. The second kappa shape index (κ2) is 12.2. The van der Waals surface area contributed by atoms with E-state index in [4.69, 9.17) is 4.74 Å². The second-order valence-electron chi connectivity index (χ2n) is 9.11. The minimum Gasteiger partial charge on any atom is -0.481 e. The number of fused-ring (bicyclic) bond motifs is 3. The van der Waals surface area contributed by atoms with Crippen LogP contribution < -0.4 is 10.6 Å². The monoisotopic (exact) mass is 478 g/mol. The summed E-state index contributed by atoms with van der Waals surface area (Å²) in [6.45, 7) is 5.87. The number of benzene rings is 2. The first-order chi connectivity index (χ1) is 16.8. The highest BCUT2D eigenvalue weighted by atomic mass is 16.5. The van der Waals surface area contributed by atoms with E-state index in [-0.39, 0.29) is 25.5 Å². The van der Waals surface area contributed by atoms with Crippen molar-refractivity contribution in [3.8, 4) is 11.1 Å². The van der Waals surface area contributed by atoms with Crippen molar-refractivity contribution in [2.24, 2.45) is 5.92 Å². The molecule has 1 aliphatic rings. The third kappa shape index (κ3) is 6.72. The zero-order valence-corrected chi connectivity index (χ0v) is 20.5. The summed E-state index contributed by atoms with van der Waals surface area (Å²) in [5.74, 6) is -2.12. The Labute approximate surface area is 206 Å². The maximum Gasteiger partial charge on any atom is 0.407 e. The average molecular weight is 479 g/mol. The summed E-state index contributed by atoms with van der Waals surface area (Å²) in [5.41, 5.74) is 5.49. The molecule has 0 fully saturated rings. The molecule has 186 valence electrons. The molecule has 0 spiro atoms. The highest BCUT2D eigenvalue weighted by Gasteiger charge is 2.30. The molecule has 7 heteroatoms. The summed E-state index contributed by atoms with van der Waals surface area (Å²) in [7, 11) is 0. The highest BCUT2D eigenvalue weighted by molar-refractivity contribution is 5.86. The fourth-order valence-corrected chi connectivity index (χ4v) is 4.38. The molecule has 2 unspecified atom stereocenters. The Balaban J connectivity index is 1.64. The van der Waals surface area contributed by atoms with Gasteiger partial charge in [-0.15, -0.1) is 0 Å². The Morgan fingerprint density at radius 1 is 1.03 bits per heavy atom. The van der Waals surface area contributed by atoms with Crippen LogP contribution in [0.4, 0.5) is 4.79 Å². The van der Waals surface area contributed by atoms with E-state index in [1.807, 2.05) is 63.2 Å². The zero-order valence-electron chi connectivity index (χ0n) is 20.5. The van der Waals surface area contributed by atoms with Crippen LogP contribution in [0.25, 0.3) is 11.1 Å². The van der Waals surface area contributed by atoms with E-state index >= 15 is 0 Å². The molecule has 0 heterocycles. The number of carbonyl (C=O) groups is 3. The van der Waals surface area contributed by atoms with E-state index in [0.29, 0.717) is 12.8 Å². The number of aliphatic carboxylic acids is 1. The number of nitrogens with one attached hydrogen (secondary N) is 2. The smallest absolute Gasteiger partial charge is 0.407 e. The molecule has 0 bridgehead atoms. The number of carbonyl (C=O) groups excluding carboxylic acids is 2. The molecule has 7 nitrogen and oxygen atoms in total. The first-order valence-electron chi connectivity index (χ1n) is 12.1. The van der Waals surface area contributed by atoms with Gasteiger partial charge in [-0.1, -0.05) is 73.5 Å². The highest BCUT2D eigenvalue weighted by Crippen LogP contribution is 2.44. The van der Waals surface area contributed by atoms with Gasteiger partial charge in [0.15, 0.2) is 0 Å². The van der Waals surface area contributed by atoms with E-state index in [1.165, 1.54) is 0 Å². The SMILES string of the molecule is CCCC(CNC(=O)C(CC=C(C)C)NC(=O)OCC1c2ccccc2-c2ccccc21)C(=O)O. The van der Waals surface area contributed by atoms with Crippen LogP contribution in [0.15, 0.2) is 60.2 Å². The number of hydrogen-bond acceptors (Lipinski definition) is 4. The van der Waals surface area contributed by atoms with Gasteiger partial charge < -0.3 is 20.5 Å². The van der Waals surface area contributed by atoms with Crippen molar-refractivity contribution < 1.29 is 24.2 Å². The molecule has 2 amide bonds. The van der Waals surface area contributed by atoms with Gasteiger partial charge in [-0.2, -0.15) is 0 Å². The number of carboxylic acid groups (broad SMARTS) is 1. The molecule has 0 radical (unpaired) electrons. The molecule has 0 saturated heterocycles. The number of amides is 2. The molecule has 0 saturated carbocycles. The molecule has 2 atom stereocenters. The lowest BCUT2D eigenvalue weighted by Crippen LogP contribution is -2.48. The molecule has 3 N–H and O–H groups in total. The van der Waals surface area contributed by atoms with Crippen LogP contribution in [0.5, 0.6) is 0 Å². The molecule has 1 aliphatic carbocycles. The van der Waals surface area contributed by atoms with E-state index in [2.05, 4.69) is 22.8 Å². The Bertz CT molecular complexity index is 1040. The topological polar surface area (TPSA) is 105 Å². The van der Waals surface area contributed by atoms with Gasteiger partial charge in [0.2, 0.25) is 5.91 Å². The van der Waals surface area contributed by atoms with Crippen molar-refractivity contribution in [3.05, 3.63) is 71.3 Å². The standard InChI is InChI=1S/C28H34N2O5/c1-4-9-19(27(32)33)16-29-26(31)25(15-14-18(2)3)30-28(34)35-17-24-22-12-7-5-10-20(22)21-11-6-8-13-23(21)24/h5-8,10-14,19,24-25H,4,9,15-17H2,1-3H3,(H,29,31)(H,30,34)(H,32,33). The minimum atomic E-state index is -0.947. The summed E-state index contributed by atoms with van der Waals surface area (Å²) in [6.07, 6.45) is 2.62. The normalized spacial score (nSPS) is 13.7. The average Bonchev–Trinajstić information content (AvgIpc) is 3.16. The summed E-state index contributed by atoms with van der Waals surface area (Å²) < 4.78 is 5.58.